The molecule has 1 fully saturated rings. The van der Waals surface area contributed by atoms with E-state index >= 15 is 0 Å². The van der Waals surface area contributed by atoms with Crippen LogP contribution < -0.4 is 21.3 Å². The first kappa shape index (κ1) is 23.0. The van der Waals surface area contributed by atoms with E-state index in [4.69, 9.17) is 5.73 Å². The maximum Gasteiger partial charge on any atom is 0.251 e. The normalized spacial score (nSPS) is 22.5. The molecule has 1 saturated carbocycles. The van der Waals surface area contributed by atoms with Crippen LogP contribution in [0.1, 0.15) is 55.5 Å². The summed E-state index contributed by atoms with van der Waals surface area (Å²) < 4.78 is 0. The van der Waals surface area contributed by atoms with Crippen LogP contribution in [0.25, 0.3) is 0 Å². The molecule has 3 amide bonds. The number of hydrogen-bond acceptors (Lipinski definition) is 4. The summed E-state index contributed by atoms with van der Waals surface area (Å²) in [4.78, 5) is 40.8. The molecule has 3 atom stereocenters. The van der Waals surface area contributed by atoms with Gasteiger partial charge in [-0.3, -0.25) is 19.3 Å². The van der Waals surface area contributed by atoms with Crippen molar-refractivity contribution in [2.75, 3.05) is 10.2 Å². The summed E-state index contributed by atoms with van der Waals surface area (Å²) in [6.07, 6.45) is 4.10. The second kappa shape index (κ2) is 9.75. The van der Waals surface area contributed by atoms with E-state index in [1.54, 1.807) is 23.1 Å². The summed E-state index contributed by atoms with van der Waals surface area (Å²) in [5.41, 5.74) is 8.58. The number of carbonyl (C=O) groups is 3. The van der Waals surface area contributed by atoms with Crippen LogP contribution in [-0.4, -0.2) is 35.8 Å². The van der Waals surface area contributed by atoms with Gasteiger partial charge in [0.2, 0.25) is 11.8 Å². The van der Waals surface area contributed by atoms with E-state index in [1.807, 2.05) is 44.2 Å². The van der Waals surface area contributed by atoms with Crippen LogP contribution in [0.5, 0.6) is 0 Å². The molecule has 0 bridgehead atoms. The van der Waals surface area contributed by atoms with Gasteiger partial charge >= 0.3 is 0 Å². The van der Waals surface area contributed by atoms with E-state index in [0.29, 0.717) is 16.9 Å². The largest absolute Gasteiger partial charge is 0.348 e. The standard InChI is InChI=1S/C26H32N4O3/c1-16(2)24-26(33)29-21-15-18(25(32)28-20-11-7-6-10-19(20)27)12-13-22(21)30(24)23(31)14-17-8-4-3-5-9-17/h3-5,8-9,12-13,15-16,19-20,24H,6-7,10-11,14,27H2,1-2H3,(H,28,32)(H,29,33). The zero-order valence-electron chi connectivity index (χ0n) is 19.2. The Morgan fingerprint density at radius 2 is 1.85 bits per heavy atom. The molecule has 33 heavy (non-hydrogen) atoms. The molecule has 3 unspecified atom stereocenters. The molecule has 2 aromatic rings. The first-order valence-electron chi connectivity index (χ1n) is 11.7. The number of carbonyl (C=O) groups excluding carboxylic acids is 3. The van der Waals surface area contributed by atoms with Crippen LogP contribution in [0, 0.1) is 5.92 Å². The summed E-state index contributed by atoms with van der Waals surface area (Å²) in [5.74, 6) is -0.691. The summed E-state index contributed by atoms with van der Waals surface area (Å²) in [6, 6.07) is 13.9. The van der Waals surface area contributed by atoms with Gasteiger partial charge in [-0.1, -0.05) is 57.0 Å². The third kappa shape index (κ3) is 4.93. The first-order valence-corrected chi connectivity index (χ1v) is 11.7. The molecule has 0 radical (unpaired) electrons. The van der Waals surface area contributed by atoms with E-state index < -0.39 is 6.04 Å². The first-order chi connectivity index (χ1) is 15.8. The lowest BCUT2D eigenvalue weighted by atomic mass is 9.91. The molecular formula is C26H32N4O3. The number of fused-ring (bicyclic) bond motifs is 1. The number of anilines is 2. The van der Waals surface area contributed by atoms with Crippen LogP contribution >= 0.6 is 0 Å². The second-order valence-electron chi connectivity index (χ2n) is 9.36. The molecule has 0 saturated heterocycles. The van der Waals surface area contributed by atoms with E-state index in [2.05, 4.69) is 10.6 Å². The van der Waals surface area contributed by atoms with Crippen molar-refractivity contribution < 1.29 is 14.4 Å². The highest BCUT2D eigenvalue weighted by Crippen LogP contribution is 2.36. The zero-order valence-corrected chi connectivity index (χ0v) is 19.2. The number of amides is 3. The molecule has 0 aromatic heterocycles. The lowest BCUT2D eigenvalue weighted by Crippen LogP contribution is -2.54. The van der Waals surface area contributed by atoms with Gasteiger partial charge < -0.3 is 16.4 Å². The number of nitrogens with two attached hydrogens (primary N) is 1. The van der Waals surface area contributed by atoms with Crippen LogP contribution in [0.15, 0.2) is 48.5 Å². The Morgan fingerprint density at radius 3 is 2.55 bits per heavy atom. The monoisotopic (exact) mass is 448 g/mol. The van der Waals surface area contributed by atoms with Crippen molar-refractivity contribution >= 4 is 29.1 Å². The molecule has 7 nitrogen and oxygen atoms in total. The third-order valence-corrected chi connectivity index (χ3v) is 6.56. The van der Waals surface area contributed by atoms with Gasteiger partial charge in [0.25, 0.3) is 5.91 Å². The van der Waals surface area contributed by atoms with Crippen LogP contribution in [0.3, 0.4) is 0 Å². The fourth-order valence-electron chi connectivity index (χ4n) is 4.80. The third-order valence-electron chi connectivity index (χ3n) is 6.56. The SMILES string of the molecule is CC(C)C1C(=O)Nc2cc(C(=O)NC3CCCCC3N)ccc2N1C(=O)Cc1ccccc1. The van der Waals surface area contributed by atoms with Gasteiger partial charge in [-0.2, -0.15) is 0 Å². The molecule has 4 rings (SSSR count). The summed E-state index contributed by atoms with van der Waals surface area (Å²) >= 11 is 0. The Labute approximate surface area is 194 Å². The highest BCUT2D eigenvalue weighted by molar-refractivity contribution is 6.13. The van der Waals surface area contributed by atoms with Gasteiger partial charge in [-0.05, 0) is 42.5 Å². The second-order valence-corrected chi connectivity index (χ2v) is 9.36. The maximum absolute atomic E-state index is 13.4. The molecule has 2 aliphatic rings. The minimum absolute atomic E-state index is 0.0436. The van der Waals surface area contributed by atoms with Crippen LogP contribution in [-0.2, 0) is 16.0 Å². The Kier molecular flexibility index (Phi) is 6.79. The molecule has 174 valence electrons. The zero-order chi connectivity index (χ0) is 23.5. The van der Waals surface area contributed by atoms with Crippen LogP contribution in [0.2, 0.25) is 0 Å². The van der Waals surface area contributed by atoms with Crippen molar-refractivity contribution in [1.82, 2.24) is 5.32 Å². The van der Waals surface area contributed by atoms with Crippen molar-refractivity contribution in [1.29, 1.82) is 0 Å². The minimum Gasteiger partial charge on any atom is -0.348 e. The molecule has 7 heteroatoms. The minimum atomic E-state index is -0.617. The van der Waals surface area contributed by atoms with E-state index in [-0.39, 0.29) is 42.1 Å². The summed E-state index contributed by atoms with van der Waals surface area (Å²) in [5, 5.41) is 5.95. The van der Waals surface area contributed by atoms with E-state index in [0.717, 1.165) is 31.2 Å². The Morgan fingerprint density at radius 1 is 1.12 bits per heavy atom. The molecule has 1 heterocycles. The number of rotatable bonds is 5. The Balaban J connectivity index is 1.61. The van der Waals surface area contributed by atoms with Gasteiger partial charge in [0.1, 0.15) is 6.04 Å². The molecule has 4 N–H and O–H groups in total. The van der Waals surface area contributed by atoms with Gasteiger partial charge in [0, 0.05) is 17.6 Å². The van der Waals surface area contributed by atoms with Gasteiger partial charge in [-0.15, -0.1) is 0 Å². The predicted octanol–water partition coefficient (Wildman–Crippen LogP) is 3.24. The van der Waals surface area contributed by atoms with E-state index in [9.17, 15) is 14.4 Å². The number of hydrogen-bond donors (Lipinski definition) is 3. The maximum atomic E-state index is 13.4. The fraction of sp³-hybridized carbons (Fsp3) is 0.423. The fourth-order valence-corrected chi connectivity index (χ4v) is 4.80. The number of benzene rings is 2. The van der Waals surface area contributed by atoms with Crippen molar-refractivity contribution in [3.63, 3.8) is 0 Å². The molecule has 0 spiro atoms. The van der Waals surface area contributed by atoms with Crippen molar-refractivity contribution in [3.05, 3.63) is 59.7 Å². The number of nitrogens with zero attached hydrogens (tertiary/aromatic N) is 1. The smallest absolute Gasteiger partial charge is 0.251 e. The Hall–Kier alpha value is -3.19. The molecular weight excluding hydrogens is 416 g/mol. The molecule has 1 aliphatic carbocycles. The highest BCUT2D eigenvalue weighted by atomic mass is 16.2. The lowest BCUT2D eigenvalue weighted by molar-refractivity contribution is -0.124. The molecule has 2 aromatic carbocycles. The average Bonchev–Trinajstić information content (AvgIpc) is 2.79. The van der Waals surface area contributed by atoms with Gasteiger partial charge in [0.15, 0.2) is 0 Å². The Bertz CT molecular complexity index is 1040. The van der Waals surface area contributed by atoms with Crippen molar-refractivity contribution in [3.8, 4) is 0 Å². The van der Waals surface area contributed by atoms with Gasteiger partial charge in [0.05, 0.1) is 17.8 Å². The number of nitrogens with one attached hydrogen (secondary N) is 2. The van der Waals surface area contributed by atoms with E-state index in [1.165, 1.54) is 0 Å². The summed E-state index contributed by atoms with van der Waals surface area (Å²) in [7, 11) is 0. The average molecular weight is 449 g/mol. The highest BCUT2D eigenvalue weighted by Gasteiger charge is 2.39. The lowest BCUT2D eigenvalue weighted by Gasteiger charge is -2.38. The van der Waals surface area contributed by atoms with Gasteiger partial charge in [-0.25, -0.2) is 0 Å². The summed E-state index contributed by atoms with van der Waals surface area (Å²) in [6.45, 7) is 3.85. The predicted molar refractivity (Wildman–Crippen MR) is 129 cm³/mol. The van der Waals surface area contributed by atoms with Crippen molar-refractivity contribution in [2.45, 2.75) is 64.1 Å². The topological polar surface area (TPSA) is 105 Å². The quantitative estimate of drug-likeness (QED) is 0.653. The van der Waals surface area contributed by atoms with Crippen molar-refractivity contribution in [2.24, 2.45) is 11.7 Å². The molecule has 1 aliphatic heterocycles. The van der Waals surface area contributed by atoms with Crippen LogP contribution in [0.4, 0.5) is 11.4 Å².